The van der Waals surface area contributed by atoms with Crippen LogP contribution in [0, 0.1) is 6.92 Å². The van der Waals surface area contributed by atoms with Gasteiger partial charge >= 0.3 is 5.97 Å². The number of aromatic carboxylic acids is 1. The molecule has 0 saturated carbocycles. The molecule has 0 aliphatic carbocycles. The largest absolute Gasteiger partial charge is 0.478 e. The Kier molecular flexibility index (Phi) is 5.28. The van der Waals surface area contributed by atoms with Crippen LogP contribution in [-0.2, 0) is 0 Å². The molecule has 104 valence electrons. The average molecular weight is 279 g/mol. The smallest absolute Gasteiger partial charge is 0.335 e. The summed E-state index contributed by atoms with van der Waals surface area (Å²) in [7, 11) is 0. The van der Waals surface area contributed by atoms with Crippen LogP contribution < -0.4 is 0 Å². The van der Waals surface area contributed by atoms with Crippen molar-refractivity contribution in [3.05, 3.63) is 29.3 Å². The number of hydrogen-bond donors (Lipinski definition) is 1. The maximum atomic E-state index is 11.1. The number of rotatable bonds is 6. The molecule has 1 fully saturated rings. The Labute approximate surface area is 119 Å². The number of aryl methyl sites for hydroxylation is 1. The van der Waals surface area contributed by atoms with Gasteiger partial charge in [-0.05, 0) is 69.3 Å². The van der Waals surface area contributed by atoms with Gasteiger partial charge in [0.25, 0.3) is 0 Å². The highest BCUT2D eigenvalue weighted by atomic mass is 32.2. The van der Waals surface area contributed by atoms with E-state index in [4.69, 9.17) is 5.11 Å². The summed E-state index contributed by atoms with van der Waals surface area (Å²) in [5.74, 6) is 0.218. The second-order valence-corrected chi connectivity index (χ2v) is 6.20. The van der Waals surface area contributed by atoms with Crippen LogP contribution in [0.3, 0.4) is 0 Å². The molecule has 0 bridgehead atoms. The van der Waals surface area contributed by atoms with Crippen LogP contribution in [0.25, 0.3) is 0 Å². The van der Waals surface area contributed by atoms with Crippen LogP contribution in [0.15, 0.2) is 23.1 Å². The van der Waals surface area contributed by atoms with Crippen molar-refractivity contribution in [2.45, 2.75) is 31.1 Å². The van der Waals surface area contributed by atoms with Crippen molar-refractivity contribution in [3.63, 3.8) is 0 Å². The predicted octanol–water partition coefficient (Wildman–Crippen LogP) is 3.27. The van der Waals surface area contributed by atoms with Crippen molar-refractivity contribution in [1.29, 1.82) is 0 Å². The molecule has 0 spiro atoms. The molecule has 4 heteroatoms. The van der Waals surface area contributed by atoms with Gasteiger partial charge in [0.2, 0.25) is 0 Å². The van der Waals surface area contributed by atoms with Crippen molar-refractivity contribution < 1.29 is 9.90 Å². The van der Waals surface area contributed by atoms with E-state index in [-0.39, 0.29) is 0 Å². The number of likely N-dealkylation sites (tertiary alicyclic amines) is 1. The third-order valence-corrected chi connectivity index (χ3v) is 4.61. The van der Waals surface area contributed by atoms with E-state index in [0.717, 1.165) is 16.2 Å². The zero-order valence-corrected chi connectivity index (χ0v) is 12.2. The standard InChI is InChI=1S/C15H21NO2S/c1-12-5-6-13(11-14(12)15(17)18)19-10-4-9-16-7-2-3-8-16/h5-6,11H,2-4,7-10H2,1H3,(H,17,18). The lowest BCUT2D eigenvalue weighted by atomic mass is 10.1. The van der Waals surface area contributed by atoms with E-state index in [1.54, 1.807) is 17.8 Å². The van der Waals surface area contributed by atoms with Crippen molar-refractivity contribution in [2.24, 2.45) is 0 Å². The maximum Gasteiger partial charge on any atom is 0.335 e. The number of nitrogens with zero attached hydrogens (tertiary/aromatic N) is 1. The van der Waals surface area contributed by atoms with Crippen molar-refractivity contribution in [3.8, 4) is 0 Å². The summed E-state index contributed by atoms with van der Waals surface area (Å²) in [6.45, 7) is 5.51. The average Bonchev–Trinajstić information content (AvgIpc) is 2.89. The first-order chi connectivity index (χ1) is 9.16. The summed E-state index contributed by atoms with van der Waals surface area (Å²) in [6, 6.07) is 5.70. The summed E-state index contributed by atoms with van der Waals surface area (Å²) in [5, 5.41) is 9.09. The molecule has 2 rings (SSSR count). The summed E-state index contributed by atoms with van der Waals surface area (Å²) < 4.78 is 0. The zero-order chi connectivity index (χ0) is 13.7. The van der Waals surface area contributed by atoms with Crippen LogP contribution >= 0.6 is 11.8 Å². The molecular formula is C15H21NO2S. The van der Waals surface area contributed by atoms with E-state index < -0.39 is 5.97 Å². The van der Waals surface area contributed by atoms with Crippen LogP contribution in [0.4, 0.5) is 0 Å². The molecule has 0 unspecified atom stereocenters. The summed E-state index contributed by atoms with van der Waals surface area (Å²) in [5.41, 5.74) is 1.25. The zero-order valence-electron chi connectivity index (χ0n) is 11.4. The van der Waals surface area contributed by atoms with Gasteiger partial charge in [-0.25, -0.2) is 4.79 Å². The van der Waals surface area contributed by atoms with E-state index in [2.05, 4.69) is 4.90 Å². The molecule has 0 amide bonds. The van der Waals surface area contributed by atoms with Crippen molar-refractivity contribution >= 4 is 17.7 Å². The minimum Gasteiger partial charge on any atom is -0.478 e. The van der Waals surface area contributed by atoms with Crippen LogP contribution in [0.1, 0.15) is 35.2 Å². The Hall–Kier alpha value is -1.00. The monoisotopic (exact) mass is 279 g/mol. The Morgan fingerprint density at radius 2 is 2.11 bits per heavy atom. The topological polar surface area (TPSA) is 40.5 Å². The molecule has 1 aliphatic rings. The highest BCUT2D eigenvalue weighted by molar-refractivity contribution is 7.99. The Morgan fingerprint density at radius 3 is 2.79 bits per heavy atom. The maximum absolute atomic E-state index is 11.1. The number of carbonyl (C=O) groups is 1. The number of carboxylic acids is 1. The predicted molar refractivity (Wildman–Crippen MR) is 79.2 cm³/mol. The quantitative estimate of drug-likeness (QED) is 0.641. The molecule has 3 nitrogen and oxygen atoms in total. The first-order valence-electron chi connectivity index (χ1n) is 6.86. The van der Waals surface area contributed by atoms with Gasteiger partial charge in [0, 0.05) is 4.90 Å². The molecule has 0 radical (unpaired) electrons. The molecule has 1 aliphatic heterocycles. The minimum atomic E-state index is -0.836. The van der Waals surface area contributed by atoms with Crippen LogP contribution in [0.2, 0.25) is 0 Å². The van der Waals surface area contributed by atoms with E-state index >= 15 is 0 Å². The molecular weight excluding hydrogens is 258 g/mol. The lowest BCUT2D eigenvalue weighted by Crippen LogP contribution is -2.20. The summed E-state index contributed by atoms with van der Waals surface area (Å²) >= 11 is 1.75. The SMILES string of the molecule is Cc1ccc(SCCCN2CCCC2)cc1C(=O)O. The van der Waals surface area contributed by atoms with E-state index in [9.17, 15) is 4.79 Å². The van der Waals surface area contributed by atoms with Crippen molar-refractivity contribution in [1.82, 2.24) is 4.90 Å². The Morgan fingerprint density at radius 1 is 1.37 bits per heavy atom. The van der Waals surface area contributed by atoms with Crippen LogP contribution in [-0.4, -0.2) is 41.4 Å². The first-order valence-corrected chi connectivity index (χ1v) is 7.84. The van der Waals surface area contributed by atoms with E-state index in [1.165, 1.54) is 38.9 Å². The van der Waals surface area contributed by atoms with E-state index in [1.807, 2.05) is 19.1 Å². The highest BCUT2D eigenvalue weighted by Crippen LogP contribution is 2.22. The first kappa shape index (κ1) is 14.4. The number of thioether (sulfide) groups is 1. The third kappa shape index (κ3) is 4.25. The highest BCUT2D eigenvalue weighted by Gasteiger charge is 2.11. The van der Waals surface area contributed by atoms with Gasteiger partial charge in [0.1, 0.15) is 0 Å². The van der Waals surface area contributed by atoms with E-state index in [0.29, 0.717) is 5.56 Å². The number of carboxylic acid groups (broad SMARTS) is 1. The minimum absolute atomic E-state index is 0.421. The van der Waals surface area contributed by atoms with Gasteiger partial charge in [-0.1, -0.05) is 6.07 Å². The lowest BCUT2D eigenvalue weighted by Gasteiger charge is -2.13. The molecule has 1 heterocycles. The molecule has 0 aromatic heterocycles. The number of benzene rings is 1. The third-order valence-electron chi connectivity index (χ3n) is 3.53. The van der Waals surface area contributed by atoms with Gasteiger partial charge in [0.05, 0.1) is 5.56 Å². The lowest BCUT2D eigenvalue weighted by molar-refractivity contribution is 0.0696. The molecule has 1 aromatic rings. The van der Waals surface area contributed by atoms with Crippen molar-refractivity contribution in [2.75, 3.05) is 25.4 Å². The van der Waals surface area contributed by atoms with Gasteiger partial charge in [-0.3, -0.25) is 0 Å². The second kappa shape index (κ2) is 6.96. The normalized spacial score (nSPS) is 15.8. The van der Waals surface area contributed by atoms with Gasteiger partial charge in [0.15, 0.2) is 0 Å². The number of hydrogen-bond acceptors (Lipinski definition) is 3. The fraction of sp³-hybridized carbons (Fsp3) is 0.533. The Bertz CT molecular complexity index is 442. The molecule has 1 aromatic carbocycles. The summed E-state index contributed by atoms with van der Waals surface area (Å²) in [4.78, 5) is 14.6. The van der Waals surface area contributed by atoms with Gasteiger partial charge < -0.3 is 10.0 Å². The van der Waals surface area contributed by atoms with Gasteiger partial charge in [-0.2, -0.15) is 0 Å². The molecule has 1 saturated heterocycles. The fourth-order valence-corrected chi connectivity index (χ4v) is 3.28. The Balaban J connectivity index is 1.79. The molecule has 19 heavy (non-hydrogen) atoms. The second-order valence-electron chi connectivity index (χ2n) is 5.03. The summed E-state index contributed by atoms with van der Waals surface area (Å²) in [6.07, 6.45) is 3.85. The molecule has 1 N–H and O–H groups in total. The van der Waals surface area contributed by atoms with Gasteiger partial charge in [-0.15, -0.1) is 11.8 Å². The molecule has 0 atom stereocenters. The van der Waals surface area contributed by atoms with Crippen LogP contribution in [0.5, 0.6) is 0 Å². The fourth-order valence-electron chi connectivity index (χ4n) is 2.41.